The van der Waals surface area contributed by atoms with Crippen molar-refractivity contribution in [1.29, 1.82) is 0 Å². The fourth-order valence-electron chi connectivity index (χ4n) is 1.72. The van der Waals surface area contributed by atoms with Gasteiger partial charge in [0.2, 0.25) is 5.91 Å². The van der Waals surface area contributed by atoms with E-state index in [1.165, 1.54) is 6.08 Å². The lowest BCUT2D eigenvalue weighted by atomic mass is 10.2. The van der Waals surface area contributed by atoms with Crippen molar-refractivity contribution < 1.29 is 19.2 Å². The van der Waals surface area contributed by atoms with Gasteiger partial charge in [-0.1, -0.05) is 17.3 Å². The number of hydrogen-bond donors (Lipinski definition) is 2. The van der Waals surface area contributed by atoms with Gasteiger partial charge in [0.25, 0.3) is 0 Å². The van der Waals surface area contributed by atoms with Crippen molar-refractivity contribution in [3.8, 4) is 0 Å². The highest BCUT2D eigenvalue weighted by atomic mass is 16.5. The molecule has 0 saturated carbocycles. The zero-order chi connectivity index (χ0) is 15.2. The number of hydrogen-bond acceptors (Lipinski definition) is 4. The monoisotopic (exact) mass is 286 g/mol. The van der Waals surface area contributed by atoms with Gasteiger partial charge in [0.05, 0.1) is 12.1 Å². The first-order chi connectivity index (χ1) is 10.0. The summed E-state index contributed by atoms with van der Waals surface area (Å²) in [5.41, 5.74) is 1.95. The van der Waals surface area contributed by atoms with E-state index >= 15 is 0 Å². The third-order valence-corrected chi connectivity index (χ3v) is 2.63. The van der Waals surface area contributed by atoms with Gasteiger partial charge in [0, 0.05) is 17.8 Å². The molecule has 0 atom stereocenters. The van der Waals surface area contributed by atoms with E-state index in [2.05, 4.69) is 10.5 Å². The number of carbonyl (C=O) groups excluding carboxylic acids is 1. The molecule has 1 aromatic carbocycles. The Morgan fingerprint density at radius 2 is 2.05 bits per heavy atom. The van der Waals surface area contributed by atoms with Crippen LogP contribution in [0.2, 0.25) is 0 Å². The SMILES string of the molecule is Cc1cc(CC(=O)Nc2ccc(/C=C/C(=O)O)cc2)no1. The first-order valence-corrected chi connectivity index (χ1v) is 6.26. The van der Waals surface area contributed by atoms with Crippen LogP contribution < -0.4 is 5.32 Å². The number of nitrogens with zero attached hydrogens (tertiary/aromatic N) is 1. The number of nitrogens with one attached hydrogen (secondary N) is 1. The molecule has 2 N–H and O–H groups in total. The number of amides is 1. The number of rotatable bonds is 5. The largest absolute Gasteiger partial charge is 0.478 e. The number of carboxylic acids is 1. The smallest absolute Gasteiger partial charge is 0.328 e. The van der Waals surface area contributed by atoms with Crippen LogP contribution in [0.25, 0.3) is 6.08 Å². The van der Waals surface area contributed by atoms with Gasteiger partial charge in [-0.2, -0.15) is 0 Å². The van der Waals surface area contributed by atoms with Gasteiger partial charge in [-0.15, -0.1) is 0 Å². The van der Waals surface area contributed by atoms with E-state index in [4.69, 9.17) is 9.63 Å². The maximum atomic E-state index is 11.8. The van der Waals surface area contributed by atoms with Gasteiger partial charge >= 0.3 is 5.97 Å². The van der Waals surface area contributed by atoms with Crippen LogP contribution in [-0.4, -0.2) is 22.1 Å². The molecule has 21 heavy (non-hydrogen) atoms. The highest BCUT2D eigenvalue weighted by Gasteiger charge is 2.07. The molecule has 0 bridgehead atoms. The quantitative estimate of drug-likeness (QED) is 0.822. The Hall–Kier alpha value is -2.89. The van der Waals surface area contributed by atoms with Crippen LogP contribution in [0.3, 0.4) is 0 Å². The number of aromatic nitrogens is 1. The summed E-state index contributed by atoms with van der Waals surface area (Å²) in [4.78, 5) is 22.2. The molecule has 1 heterocycles. The molecule has 0 fully saturated rings. The van der Waals surface area contributed by atoms with Crippen molar-refractivity contribution >= 4 is 23.6 Å². The molecule has 1 amide bonds. The fraction of sp³-hybridized carbons (Fsp3) is 0.133. The standard InChI is InChI=1S/C15H14N2O4/c1-10-8-13(17-21-10)9-14(18)16-12-5-2-11(3-6-12)4-7-15(19)20/h2-8H,9H2,1H3,(H,16,18)(H,19,20)/b7-4+. The third kappa shape index (κ3) is 4.61. The molecule has 2 aromatic rings. The van der Waals surface area contributed by atoms with Gasteiger partial charge in [0.15, 0.2) is 0 Å². The van der Waals surface area contributed by atoms with E-state index in [-0.39, 0.29) is 12.3 Å². The average molecular weight is 286 g/mol. The lowest BCUT2D eigenvalue weighted by Gasteiger charge is -2.04. The van der Waals surface area contributed by atoms with Crippen LogP contribution in [0.15, 0.2) is 40.9 Å². The second-order valence-electron chi connectivity index (χ2n) is 4.45. The first kappa shape index (κ1) is 14.5. The zero-order valence-electron chi connectivity index (χ0n) is 11.4. The summed E-state index contributed by atoms with van der Waals surface area (Å²) in [7, 11) is 0. The number of carboxylic acid groups (broad SMARTS) is 1. The minimum atomic E-state index is -1.00. The highest BCUT2D eigenvalue weighted by molar-refractivity contribution is 5.92. The van der Waals surface area contributed by atoms with Crippen molar-refractivity contribution in [2.45, 2.75) is 13.3 Å². The molecular formula is C15H14N2O4. The number of carbonyl (C=O) groups is 2. The van der Waals surface area contributed by atoms with Crippen molar-refractivity contribution in [1.82, 2.24) is 5.16 Å². The molecule has 0 unspecified atom stereocenters. The predicted octanol–water partition coefficient (Wildman–Crippen LogP) is 2.26. The maximum Gasteiger partial charge on any atom is 0.328 e. The van der Waals surface area contributed by atoms with Crippen LogP contribution in [0.1, 0.15) is 17.0 Å². The molecule has 108 valence electrons. The molecule has 0 radical (unpaired) electrons. The third-order valence-electron chi connectivity index (χ3n) is 2.63. The van der Waals surface area contributed by atoms with E-state index < -0.39 is 5.97 Å². The summed E-state index contributed by atoms with van der Waals surface area (Å²) >= 11 is 0. The van der Waals surface area contributed by atoms with Gasteiger partial charge in [-0.3, -0.25) is 4.79 Å². The van der Waals surface area contributed by atoms with Crippen LogP contribution in [0.4, 0.5) is 5.69 Å². The number of benzene rings is 1. The first-order valence-electron chi connectivity index (χ1n) is 6.26. The Labute approximate surface area is 121 Å². The molecule has 6 nitrogen and oxygen atoms in total. The lowest BCUT2D eigenvalue weighted by molar-refractivity contribution is -0.131. The Balaban J connectivity index is 1.93. The van der Waals surface area contributed by atoms with E-state index in [1.54, 1.807) is 37.3 Å². The van der Waals surface area contributed by atoms with Gasteiger partial charge in [-0.05, 0) is 30.7 Å². The second-order valence-corrected chi connectivity index (χ2v) is 4.45. The summed E-state index contributed by atoms with van der Waals surface area (Å²) in [5.74, 6) is -0.542. The van der Waals surface area contributed by atoms with Crippen LogP contribution >= 0.6 is 0 Å². The van der Waals surface area contributed by atoms with E-state index in [1.807, 2.05) is 0 Å². The minimum absolute atomic E-state index is 0.137. The number of anilines is 1. The van der Waals surface area contributed by atoms with Crippen LogP contribution in [-0.2, 0) is 16.0 Å². The zero-order valence-corrected chi connectivity index (χ0v) is 11.4. The van der Waals surface area contributed by atoms with Crippen molar-refractivity contribution in [2.24, 2.45) is 0 Å². The lowest BCUT2D eigenvalue weighted by Crippen LogP contribution is -2.14. The maximum absolute atomic E-state index is 11.8. The van der Waals surface area contributed by atoms with Crippen molar-refractivity contribution in [3.05, 3.63) is 53.4 Å². The summed E-state index contributed by atoms with van der Waals surface area (Å²) in [6.07, 6.45) is 2.67. The fourth-order valence-corrected chi connectivity index (χ4v) is 1.72. The average Bonchev–Trinajstić information content (AvgIpc) is 2.83. The van der Waals surface area contributed by atoms with E-state index in [9.17, 15) is 9.59 Å². The van der Waals surface area contributed by atoms with Gasteiger partial charge in [0.1, 0.15) is 5.76 Å². The molecule has 0 aliphatic carbocycles. The Morgan fingerprint density at radius 3 is 2.62 bits per heavy atom. The Morgan fingerprint density at radius 1 is 1.33 bits per heavy atom. The number of aliphatic carboxylic acids is 1. The van der Waals surface area contributed by atoms with Crippen LogP contribution in [0, 0.1) is 6.92 Å². The molecule has 0 saturated heterocycles. The predicted molar refractivity (Wildman–Crippen MR) is 76.7 cm³/mol. The van der Waals surface area contributed by atoms with Gasteiger partial charge < -0.3 is 14.9 Å². The summed E-state index contributed by atoms with van der Waals surface area (Å²) in [6.45, 7) is 1.76. The topological polar surface area (TPSA) is 92.4 Å². The molecule has 2 rings (SSSR count). The molecule has 0 aliphatic rings. The van der Waals surface area contributed by atoms with Crippen molar-refractivity contribution in [3.63, 3.8) is 0 Å². The summed E-state index contributed by atoms with van der Waals surface area (Å²) in [6, 6.07) is 8.55. The number of aryl methyl sites for hydroxylation is 1. The highest BCUT2D eigenvalue weighted by Crippen LogP contribution is 2.11. The van der Waals surface area contributed by atoms with Crippen LogP contribution in [0.5, 0.6) is 0 Å². The summed E-state index contributed by atoms with van der Waals surface area (Å²) < 4.78 is 4.89. The Kier molecular flexibility index (Phi) is 4.50. The summed E-state index contributed by atoms with van der Waals surface area (Å²) in [5, 5.41) is 15.0. The molecule has 0 aliphatic heterocycles. The van der Waals surface area contributed by atoms with Crippen molar-refractivity contribution in [2.75, 3.05) is 5.32 Å². The van der Waals surface area contributed by atoms with E-state index in [0.29, 0.717) is 17.1 Å². The molecule has 6 heteroatoms. The second kappa shape index (κ2) is 6.51. The minimum Gasteiger partial charge on any atom is -0.478 e. The van der Waals surface area contributed by atoms with Gasteiger partial charge in [-0.25, -0.2) is 4.79 Å². The van der Waals surface area contributed by atoms with E-state index in [0.717, 1.165) is 11.6 Å². The molecule has 0 spiro atoms. The Bertz CT molecular complexity index is 671. The molecule has 1 aromatic heterocycles. The normalized spacial score (nSPS) is 10.7. The molecular weight excluding hydrogens is 272 g/mol.